The van der Waals surface area contributed by atoms with Crippen LogP contribution in [-0.4, -0.2) is 47.1 Å². The van der Waals surface area contributed by atoms with E-state index in [9.17, 15) is 20.2 Å². The third-order valence-electron chi connectivity index (χ3n) is 3.06. The van der Waals surface area contributed by atoms with E-state index >= 15 is 0 Å². The van der Waals surface area contributed by atoms with Crippen LogP contribution < -0.4 is 10.6 Å². The van der Waals surface area contributed by atoms with Gasteiger partial charge in [0.05, 0.1) is 13.1 Å². The lowest BCUT2D eigenvalue weighted by Gasteiger charge is -2.17. The van der Waals surface area contributed by atoms with Gasteiger partial charge in [0.2, 0.25) is 11.1 Å². The van der Waals surface area contributed by atoms with Crippen LogP contribution in [0.4, 0.5) is 0 Å². The highest BCUT2D eigenvalue weighted by molar-refractivity contribution is 4.71. The first kappa shape index (κ1) is 18.7. The van der Waals surface area contributed by atoms with E-state index in [2.05, 4.69) is 10.6 Å². The molecule has 8 heteroatoms. The maximum absolute atomic E-state index is 10.7. The Labute approximate surface area is 119 Å². The summed E-state index contributed by atoms with van der Waals surface area (Å²) >= 11 is 0. The lowest BCUT2D eigenvalue weighted by molar-refractivity contribution is -0.558. The first-order valence-electron chi connectivity index (χ1n) is 6.80. The SMILES string of the molecule is CC(C)(CNCCCCNCC(C)(C)[N+](=O)[O-])[N+](=O)[O-]. The zero-order valence-corrected chi connectivity index (χ0v) is 12.8. The topological polar surface area (TPSA) is 110 Å². The van der Waals surface area contributed by atoms with Gasteiger partial charge < -0.3 is 10.6 Å². The van der Waals surface area contributed by atoms with Gasteiger partial charge in [-0.05, 0) is 25.9 Å². The molecule has 0 heterocycles. The van der Waals surface area contributed by atoms with E-state index in [0.717, 1.165) is 12.8 Å². The van der Waals surface area contributed by atoms with Crippen LogP contribution in [0.5, 0.6) is 0 Å². The summed E-state index contributed by atoms with van der Waals surface area (Å²) in [5.41, 5.74) is -1.90. The first-order chi connectivity index (χ1) is 9.09. The number of hydrogen-bond donors (Lipinski definition) is 2. The summed E-state index contributed by atoms with van der Waals surface area (Å²) in [6.45, 7) is 8.42. The third-order valence-corrected chi connectivity index (χ3v) is 3.06. The van der Waals surface area contributed by atoms with Crippen LogP contribution in [0.25, 0.3) is 0 Å². The predicted molar refractivity (Wildman–Crippen MR) is 77.1 cm³/mol. The lowest BCUT2D eigenvalue weighted by Crippen LogP contribution is -2.43. The molecule has 2 N–H and O–H groups in total. The molecule has 0 unspecified atom stereocenters. The van der Waals surface area contributed by atoms with Gasteiger partial charge in [0, 0.05) is 37.5 Å². The van der Waals surface area contributed by atoms with Crippen molar-refractivity contribution in [2.24, 2.45) is 0 Å². The molecule has 0 atom stereocenters. The van der Waals surface area contributed by atoms with Crippen molar-refractivity contribution in [3.63, 3.8) is 0 Å². The van der Waals surface area contributed by atoms with Gasteiger partial charge in [-0.1, -0.05) is 0 Å². The molecule has 0 aromatic carbocycles. The van der Waals surface area contributed by atoms with Crippen molar-refractivity contribution >= 4 is 0 Å². The van der Waals surface area contributed by atoms with E-state index in [4.69, 9.17) is 0 Å². The lowest BCUT2D eigenvalue weighted by atomic mass is 10.1. The van der Waals surface area contributed by atoms with Crippen molar-refractivity contribution in [1.29, 1.82) is 0 Å². The van der Waals surface area contributed by atoms with Crippen molar-refractivity contribution in [1.82, 2.24) is 10.6 Å². The molecular weight excluding hydrogens is 264 g/mol. The molecule has 0 amide bonds. The van der Waals surface area contributed by atoms with Crippen LogP contribution in [0.1, 0.15) is 40.5 Å². The van der Waals surface area contributed by atoms with E-state index in [0.29, 0.717) is 26.2 Å². The van der Waals surface area contributed by atoms with E-state index in [1.54, 1.807) is 27.7 Å². The largest absolute Gasteiger partial charge is 0.310 e. The Morgan fingerprint density at radius 2 is 1.10 bits per heavy atom. The van der Waals surface area contributed by atoms with E-state index in [-0.39, 0.29) is 9.85 Å². The Balaban J connectivity index is 3.56. The molecule has 0 aliphatic rings. The summed E-state index contributed by atoms with van der Waals surface area (Å²) in [5, 5.41) is 27.5. The Hall–Kier alpha value is -1.28. The molecule has 0 fully saturated rings. The second-order valence-corrected chi connectivity index (χ2v) is 6.20. The monoisotopic (exact) mass is 290 g/mol. The number of nitro groups is 2. The number of nitrogens with zero attached hydrogens (tertiary/aromatic N) is 2. The highest BCUT2D eigenvalue weighted by Gasteiger charge is 2.30. The summed E-state index contributed by atoms with van der Waals surface area (Å²) in [4.78, 5) is 20.8. The van der Waals surface area contributed by atoms with Gasteiger partial charge in [0.25, 0.3) is 0 Å². The number of hydrogen-bond acceptors (Lipinski definition) is 6. The van der Waals surface area contributed by atoms with E-state index in [1.807, 2.05) is 0 Å². The summed E-state index contributed by atoms with van der Waals surface area (Å²) in [7, 11) is 0. The normalized spacial score (nSPS) is 12.4. The molecule has 0 aliphatic heterocycles. The average Bonchev–Trinajstić information content (AvgIpc) is 2.31. The molecule has 0 spiro atoms. The molecule has 0 radical (unpaired) electrons. The molecular formula is C12H26N4O4. The fraction of sp³-hybridized carbons (Fsp3) is 1.00. The predicted octanol–water partition coefficient (Wildman–Crippen LogP) is 1.06. The van der Waals surface area contributed by atoms with Gasteiger partial charge in [-0.15, -0.1) is 0 Å². The Morgan fingerprint density at radius 1 is 0.800 bits per heavy atom. The third kappa shape index (κ3) is 7.34. The van der Waals surface area contributed by atoms with Gasteiger partial charge >= 0.3 is 0 Å². The molecule has 20 heavy (non-hydrogen) atoms. The molecule has 0 aliphatic carbocycles. The zero-order chi connectivity index (χ0) is 15.8. The molecule has 0 aromatic heterocycles. The maximum atomic E-state index is 10.7. The van der Waals surface area contributed by atoms with Gasteiger partial charge in [-0.3, -0.25) is 20.2 Å². The molecule has 118 valence electrons. The molecule has 0 saturated heterocycles. The van der Waals surface area contributed by atoms with E-state index in [1.165, 1.54) is 0 Å². The molecule has 0 rings (SSSR count). The van der Waals surface area contributed by atoms with Crippen LogP contribution in [0.2, 0.25) is 0 Å². The van der Waals surface area contributed by atoms with Gasteiger partial charge in [-0.25, -0.2) is 0 Å². The second-order valence-electron chi connectivity index (χ2n) is 6.20. The standard InChI is InChI=1S/C12H26N4O4/c1-11(2,15(17)18)9-13-7-5-6-8-14-10-12(3,4)16(19)20/h13-14H,5-10H2,1-4H3. The molecule has 0 saturated carbocycles. The van der Waals surface area contributed by atoms with Crippen molar-refractivity contribution in [2.45, 2.75) is 51.6 Å². The summed E-state index contributed by atoms with van der Waals surface area (Å²) in [6, 6.07) is 0. The van der Waals surface area contributed by atoms with Crippen LogP contribution in [0.15, 0.2) is 0 Å². The van der Waals surface area contributed by atoms with Crippen LogP contribution in [-0.2, 0) is 0 Å². The Kier molecular flexibility index (Phi) is 7.59. The quantitative estimate of drug-likeness (QED) is 0.334. The number of unbranched alkanes of at least 4 members (excludes halogenated alkanes) is 1. The fourth-order valence-electron chi connectivity index (χ4n) is 1.42. The second kappa shape index (κ2) is 8.11. The number of nitrogens with one attached hydrogen (secondary N) is 2. The van der Waals surface area contributed by atoms with Crippen LogP contribution in [0, 0.1) is 20.2 Å². The summed E-state index contributed by atoms with van der Waals surface area (Å²) < 4.78 is 0. The molecule has 0 aromatic rings. The maximum Gasteiger partial charge on any atom is 0.228 e. The minimum absolute atomic E-state index is 0.290. The zero-order valence-electron chi connectivity index (χ0n) is 12.8. The van der Waals surface area contributed by atoms with Gasteiger partial charge in [0.1, 0.15) is 0 Å². The average molecular weight is 290 g/mol. The molecule has 8 nitrogen and oxygen atoms in total. The van der Waals surface area contributed by atoms with Gasteiger partial charge in [0.15, 0.2) is 0 Å². The minimum atomic E-state index is -0.950. The van der Waals surface area contributed by atoms with Crippen molar-refractivity contribution < 1.29 is 9.85 Å². The summed E-state index contributed by atoms with van der Waals surface area (Å²) in [6.07, 6.45) is 1.75. The highest BCUT2D eigenvalue weighted by atomic mass is 16.6. The molecule has 0 bridgehead atoms. The Morgan fingerprint density at radius 3 is 1.35 bits per heavy atom. The highest BCUT2D eigenvalue weighted by Crippen LogP contribution is 2.06. The summed E-state index contributed by atoms with van der Waals surface area (Å²) in [5.74, 6) is 0. The van der Waals surface area contributed by atoms with Crippen molar-refractivity contribution in [3.05, 3.63) is 20.2 Å². The Bertz CT molecular complexity index is 299. The fourth-order valence-corrected chi connectivity index (χ4v) is 1.42. The smallest absolute Gasteiger partial charge is 0.228 e. The van der Waals surface area contributed by atoms with Crippen LogP contribution >= 0.6 is 0 Å². The van der Waals surface area contributed by atoms with Gasteiger partial charge in [-0.2, -0.15) is 0 Å². The van der Waals surface area contributed by atoms with E-state index < -0.39 is 11.1 Å². The van der Waals surface area contributed by atoms with Crippen molar-refractivity contribution in [2.75, 3.05) is 26.2 Å². The number of rotatable bonds is 11. The minimum Gasteiger partial charge on any atom is -0.310 e. The van der Waals surface area contributed by atoms with Crippen molar-refractivity contribution in [3.8, 4) is 0 Å². The first-order valence-corrected chi connectivity index (χ1v) is 6.80. The van der Waals surface area contributed by atoms with Crippen LogP contribution in [0.3, 0.4) is 0 Å².